The normalized spacial score (nSPS) is 27.3. The Bertz CT molecular complexity index is 374. The number of aromatic nitrogens is 2. The highest BCUT2D eigenvalue weighted by Crippen LogP contribution is 2.29. The van der Waals surface area contributed by atoms with Gasteiger partial charge < -0.3 is 5.73 Å². The maximum Gasteiger partial charge on any atom is 0.0538 e. The average Bonchev–Trinajstić information content (AvgIpc) is 2.83. The first-order valence-electron chi connectivity index (χ1n) is 7.13. The van der Waals surface area contributed by atoms with Crippen LogP contribution in [0.1, 0.15) is 45.2 Å². The molecule has 2 rings (SSSR count). The van der Waals surface area contributed by atoms with Crippen LogP contribution in [0.5, 0.6) is 0 Å². The van der Waals surface area contributed by atoms with Crippen LogP contribution in [0.4, 0.5) is 0 Å². The van der Waals surface area contributed by atoms with E-state index in [4.69, 9.17) is 5.73 Å². The highest BCUT2D eigenvalue weighted by atomic mass is 15.3. The maximum absolute atomic E-state index is 6.02. The van der Waals surface area contributed by atoms with Crippen molar-refractivity contribution in [2.24, 2.45) is 11.7 Å². The fourth-order valence-corrected chi connectivity index (χ4v) is 2.94. The third-order valence-corrected chi connectivity index (χ3v) is 4.15. The van der Waals surface area contributed by atoms with E-state index in [1.165, 1.54) is 18.4 Å². The summed E-state index contributed by atoms with van der Waals surface area (Å²) < 4.78 is 1.98. The molecule has 1 aromatic heterocycles. The van der Waals surface area contributed by atoms with Gasteiger partial charge in [0.25, 0.3) is 0 Å². The summed E-state index contributed by atoms with van der Waals surface area (Å²) in [6.07, 6.45) is 6.74. The van der Waals surface area contributed by atoms with E-state index in [0.29, 0.717) is 18.6 Å². The van der Waals surface area contributed by atoms with Crippen molar-refractivity contribution in [3.8, 4) is 0 Å². The van der Waals surface area contributed by atoms with E-state index >= 15 is 0 Å². The smallest absolute Gasteiger partial charge is 0.0538 e. The fourth-order valence-electron chi connectivity index (χ4n) is 2.94. The number of nitrogens with two attached hydrogens (primary N) is 1. The minimum absolute atomic E-state index is 0.322. The van der Waals surface area contributed by atoms with Crippen molar-refractivity contribution in [3.05, 3.63) is 18.0 Å². The molecule has 2 heterocycles. The van der Waals surface area contributed by atoms with Crippen LogP contribution in [0.25, 0.3) is 0 Å². The molecule has 0 amide bonds. The van der Waals surface area contributed by atoms with Crippen LogP contribution in [0.15, 0.2) is 12.4 Å². The fraction of sp³-hybridized carbons (Fsp3) is 0.786. The molecule has 1 aromatic rings. The molecule has 4 nitrogen and oxygen atoms in total. The molecule has 0 radical (unpaired) electrons. The van der Waals surface area contributed by atoms with E-state index in [1.54, 1.807) is 0 Å². The second kappa shape index (κ2) is 5.85. The zero-order valence-electron chi connectivity index (χ0n) is 11.8. The lowest BCUT2D eigenvalue weighted by Gasteiger charge is -2.41. The third kappa shape index (κ3) is 2.75. The molecule has 0 saturated carbocycles. The summed E-state index contributed by atoms with van der Waals surface area (Å²) >= 11 is 0. The van der Waals surface area contributed by atoms with E-state index in [1.807, 2.05) is 10.9 Å². The third-order valence-electron chi connectivity index (χ3n) is 4.15. The Labute approximate surface area is 110 Å². The van der Waals surface area contributed by atoms with E-state index in [0.717, 1.165) is 19.0 Å². The van der Waals surface area contributed by atoms with Gasteiger partial charge in [-0.15, -0.1) is 0 Å². The SMILES string of the molecule is CCn1cc(C(CN)N2CC(C)CCC2C)cn1. The van der Waals surface area contributed by atoms with Crippen LogP contribution in [0.3, 0.4) is 0 Å². The van der Waals surface area contributed by atoms with Crippen molar-refractivity contribution in [3.63, 3.8) is 0 Å². The number of hydrogen-bond donors (Lipinski definition) is 1. The van der Waals surface area contributed by atoms with Crippen LogP contribution in [0, 0.1) is 5.92 Å². The molecule has 18 heavy (non-hydrogen) atoms. The minimum atomic E-state index is 0.322. The summed E-state index contributed by atoms with van der Waals surface area (Å²) in [5, 5.41) is 4.38. The number of rotatable bonds is 4. The number of aryl methyl sites for hydroxylation is 1. The summed E-state index contributed by atoms with van der Waals surface area (Å²) in [5.74, 6) is 0.775. The van der Waals surface area contributed by atoms with Crippen LogP contribution in [0.2, 0.25) is 0 Å². The van der Waals surface area contributed by atoms with Gasteiger partial charge in [0.1, 0.15) is 0 Å². The van der Waals surface area contributed by atoms with Crippen molar-refractivity contribution in [2.45, 2.75) is 52.2 Å². The van der Waals surface area contributed by atoms with Crippen molar-refractivity contribution in [1.29, 1.82) is 0 Å². The van der Waals surface area contributed by atoms with Gasteiger partial charge in [-0.25, -0.2) is 0 Å². The van der Waals surface area contributed by atoms with Crippen molar-refractivity contribution in [2.75, 3.05) is 13.1 Å². The Hall–Kier alpha value is -0.870. The van der Waals surface area contributed by atoms with E-state index in [2.05, 4.69) is 37.0 Å². The maximum atomic E-state index is 6.02. The molecule has 0 aliphatic carbocycles. The summed E-state index contributed by atoms with van der Waals surface area (Å²) in [4.78, 5) is 2.56. The van der Waals surface area contributed by atoms with E-state index < -0.39 is 0 Å². The molecule has 1 aliphatic rings. The van der Waals surface area contributed by atoms with Gasteiger partial charge in [0.15, 0.2) is 0 Å². The van der Waals surface area contributed by atoms with Gasteiger partial charge in [-0.1, -0.05) is 6.92 Å². The van der Waals surface area contributed by atoms with Crippen LogP contribution in [-0.4, -0.2) is 33.8 Å². The Kier molecular flexibility index (Phi) is 4.40. The molecular formula is C14H26N4. The molecule has 3 unspecified atom stereocenters. The first kappa shape index (κ1) is 13.6. The van der Waals surface area contributed by atoms with Gasteiger partial charge >= 0.3 is 0 Å². The number of piperidine rings is 1. The molecule has 0 bridgehead atoms. The van der Waals surface area contributed by atoms with Crippen LogP contribution < -0.4 is 5.73 Å². The van der Waals surface area contributed by atoms with Crippen LogP contribution in [-0.2, 0) is 6.54 Å². The zero-order valence-corrected chi connectivity index (χ0v) is 11.8. The standard InChI is InChI=1S/C14H26N4/c1-4-17-10-13(8-16-17)14(7-15)18-9-11(2)5-6-12(18)3/h8,10-12,14H,4-7,9,15H2,1-3H3. The lowest BCUT2D eigenvalue weighted by atomic mass is 9.92. The Balaban J connectivity index is 2.16. The van der Waals surface area contributed by atoms with Gasteiger partial charge in [0.2, 0.25) is 0 Å². The van der Waals surface area contributed by atoms with Gasteiger partial charge in [0.05, 0.1) is 12.2 Å². The van der Waals surface area contributed by atoms with Crippen LogP contribution >= 0.6 is 0 Å². The van der Waals surface area contributed by atoms with Gasteiger partial charge in [-0.3, -0.25) is 9.58 Å². The highest BCUT2D eigenvalue weighted by Gasteiger charge is 2.29. The lowest BCUT2D eigenvalue weighted by molar-refractivity contribution is 0.0798. The average molecular weight is 250 g/mol. The van der Waals surface area contributed by atoms with Gasteiger partial charge in [-0.2, -0.15) is 5.10 Å². The molecule has 4 heteroatoms. The molecule has 0 aromatic carbocycles. The summed E-state index contributed by atoms with van der Waals surface area (Å²) in [5.41, 5.74) is 7.28. The predicted octanol–water partition coefficient (Wildman–Crippen LogP) is 2.02. The molecule has 102 valence electrons. The molecular weight excluding hydrogens is 224 g/mol. The first-order valence-corrected chi connectivity index (χ1v) is 7.13. The quantitative estimate of drug-likeness (QED) is 0.889. The molecule has 1 fully saturated rings. The number of hydrogen-bond acceptors (Lipinski definition) is 3. The zero-order chi connectivity index (χ0) is 13.1. The minimum Gasteiger partial charge on any atom is -0.329 e. The second-order valence-corrected chi connectivity index (χ2v) is 5.61. The molecule has 1 saturated heterocycles. The number of likely N-dealkylation sites (tertiary alicyclic amines) is 1. The summed E-state index contributed by atoms with van der Waals surface area (Å²) in [6, 6.07) is 0.947. The Morgan fingerprint density at radius 2 is 2.22 bits per heavy atom. The van der Waals surface area contributed by atoms with Gasteiger partial charge in [-0.05, 0) is 32.6 Å². The van der Waals surface area contributed by atoms with Crippen molar-refractivity contribution >= 4 is 0 Å². The molecule has 1 aliphatic heterocycles. The Morgan fingerprint density at radius 3 is 2.83 bits per heavy atom. The van der Waals surface area contributed by atoms with Gasteiger partial charge in [0, 0.05) is 37.4 Å². The van der Waals surface area contributed by atoms with E-state index in [-0.39, 0.29) is 0 Å². The lowest BCUT2D eigenvalue weighted by Crippen LogP contribution is -2.45. The van der Waals surface area contributed by atoms with E-state index in [9.17, 15) is 0 Å². The summed E-state index contributed by atoms with van der Waals surface area (Å²) in [6.45, 7) is 9.51. The summed E-state index contributed by atoms with van der Waals surface area (Å²) in [7, 11) is 0. The largest absolute Gasteiger partial charge is 0.329 e. The monoisotopic (exact) mass is 250 g/mol. The van der Waals surface area contributed by atoms with Crippen molar-refractivity contribution in [1.82, 2.24) is 14.7 Å². The second-order valence-electron chi connectivity index (χ2n) is 5.61. The first-order chi connectivity index (χ1) is 8.65. The molecule has 2 N–H and O–H groups in total. The topological polar surface area (TPSA) is 47.1 Å². The number of nitrogens with zero attached hydrogens (tertiary/aromatic N) is 3. The molecule has 3 atom stereocenters. The Morgan fingerprint density at radius 1 is 1.44 bits per heavy atom. The van der Waals surface area contributed by atoms with Crippen molar-refractivity contribution < 1.29 is 0 Å². The molecule has 0 spiro atoms. The highest BCUT2D eigenvalue weighted by molar-refractivity contribution is 5.12. The predicted molar refractivity (Wildman–Crippen MR) is 74.3 cm³/mol.